The van der Waals surface area contributed by atoms with Gasteiger partial charge in [-0.1, -0.05) is 13.3 Å². The second-order valence-corrected chi connectivity index (χ2v) is 6.26. The van der Waals surface area contributed by atoms with Gasteiger partial charge in [0.05, 0.1) is 12.0 Å². The third-order valence-electron chi connectivity index (χ3n) is 4.26. The number of aliphatic carboxylic acids is 1. The zero-order valence-corrected chi connectivity index (χ0v) is 13.2. The van der Waals surface area contributed by atoms with E-state index in [9.17, 15) is 14.7 Å². The number of urea groups is 1. The van der Waals surface area contributed by atoms with Gasteiger partial charge in [0.2, 0.25) is 0 Å². The fraction of sp³-hybridized carbons (Fsp3) is 0.867. The lowest BCUT2D eigenvalue weighted by atomic mass is 10.0. The number of carboxylic acids is 1. The maximum absolute atomic E-state index is 12.1. The second-order valence-electron chi connectivity index (χ2n) is 6.26. The topological polar surface area (TPSA) is 89.9 Å². The molecule has 4 atom stereocenters. The first kappa shape index (κ1) is 17.8. The SMILES string of the molecule is CC(CCCC(C)C(=O)O)NC(=O)N1CCC(C(C)O)C1. The van der Waals surface area contributed by atoms with E-state index in [1.54, 1.807) is 18.7 Å². The molecule has 0 radical (unpaired) electrons. The van der Waals surface area contributed by atoms with Gasteiger partial charge in [-0.2, -0.15) is 0 Å². The lowest BCUT2D eigenvalue weighted by molar-refractivity contribution is -0.141. The number of nitrogens with zero attached hydrogens (tertiary/aromatic N) is 1. The van der Waals surface area contributed by atoms with Crippen molar-refractivity contribution in [3.63, 3.8) is 0 Å². The molecule has 1 aliphatic heterocycles. The maximum atomic E-state index is 12.1. The van der Waals surface area contributed by atoms with E-state index in [0.717, 1.165) is 19.3 Å². The molecular formula is C15H28N2O4. The molecular weight excluding hydrogens is 272 g/mol. The number of carboxylic acid groups (broad SMARTS) is 1. The summed E-state index contributed by atoms with van der Waals surface area (Å²) in [5, 5.41) is 21.3. The van der Waals surface area contributed by atoms with Crippen LogP contribution in [0, 0.1) is 11.8 Å². The van der Waals surface area contributed by atoms with Crippen LogP contribution in [0.15, 0.2) is 0 Å². The summed E-state index contributed by atoms with van der Waals surface area (Å²) < 4.78 is 0. The van der Waals surface area contributed by atoms with Crippen LogP contribution >= 0.6 is 0 Å². The highest BCUT2D eigenvalue weighted by Gasteiger charge is 2.29. The zero-order chi connectivity index (χ0) is 16.0. The van der Waals surface area contributed by atoms with E-state index >= 15 is 0 Å². The molecule has 3 N–H and O–H groups in total. The molecule has 0 aromatic rings. The van der Waals surface area contributed by atoms with Gasteiger partial charge in [0, 0.05) is 25.0 Å². The number of aliphatic hydroxyl groups excluding tert-OH is 1. The fourth-order valence-corrected chi connectivity index (χ4v) is 2.59. The lowest BCUT2D eigenvalue weighted by Gasteiger charge is -2.21. The second kappa shape index (κ2) is 8.22. The van der Waals surface area contributed by atoms with E-state index in [1.807, 2.05) is 6.92 Å². The molecule has 21 heavy (non-hydrogen) atoms. The van der Waals surface area contributed by atoms with Gasteiger partial charge in [0.25, 0.3) is 0 Å². The summed E-state index contributed by atoms with van der Waals surface area (Å²) >= 11 is 0. The first-order valence-electron chi connectivity index (χ1n) is 7.77. The molecule has 1 heterocycles. The Morgan fingerprint density at radius 2 is 1.95 bits per heavy atom. The summed E-state index contributed by atoms with van der Waals surface area (Å²) in [5.41, 5.74) is 0. The predicted octanol–water partition coefficient (Wildman–Crippen LogP) is 1.68. The van der Waals surface area contributed by atoms with Crippen LogP contribution < -0.4 is 5.32 Å². The summed E-state index contributed by atoms with van der Waals surface area (Å²) in [5.74, 6) is -0.936. The zero-order valence-electron chi connectivity index (χ0n) is 13.2. The van der Waals surface area contributed by atoms with Gasteiger partial charge in [-0.05, 0) is 33.1 Å². The Balaban J connectivity index is 2.24. The first-order chi connectivity index (χ1) is 9.81. The number of carbonyl (C=O) groups is 2. The lowest BCUT2D eigenvalue weighted by Crippen LogP contribution is -2.43. The number of hydrogen-bond acceptors (Lipinski definition) is 3. The van der Waals surface area contributed by atoms with Crippen molar-refractivity contribution in [2.45, 2.75) is 58.6 Å². The van der Waals surface area contributed by atoms with Crippen molar-refractivity contribution in [3.8, 4) is 0 Å². The van der Waals surface area contributed by atoms with Crippen molar-refractivity contribution < 1.29 is 19.8 Å². The number of hydrogen-bond donors (Lipinski definition) is 3. The number of carbonyl (C=O) groups excluding carboxylic acids is 1. The van der Waals surface area contributed by atoms with Crippen molar-refractivity contribution in [3.05, 3.63) is 0 Å². The van der Waals surface area contributed by atoms with E-state index in [2.05, 4.69) is 5.32 Å². The number of nitrogens with one attached hydrogen (secondary N) is 1. The molecule has 122 valence electrons. The standard InChI is InChI=1S/C15H28N2O4/c1-10(14(19)20)5-4-6-11(2)16-15(21)17-8-7-13(9-17)12(3)18/h10-13,18H,4-9H2,1-3H3,(H,16,21)(H,19,20). The Morgan fingerprint density at radius 3 is 2.48 bits per heavy atom. The van der Waals surface area contributed by atoms with Gasteiger partial charge < -0.3 is 20.4 Å². The molecule has 0 aliphatic carbocycles. The highest BCUT2D eigenvalue weighted by atomic mass is 16.4. The fourth-order valence-electron chi connectivity index (χ4n) is 2.59. The Bertz CT molecular complexity index is 360. The van der Waals surface area contributed by atoms with Gasteiger partial charge in [-0.25, -0.2) is 4.79 Å². The molecule has 1 saturated heterocycles. The van der Waals surface area contributed by atoms with E-state index in [4.69, 9.17) is 5.11 Å². The minimum Gasteiger partial charge on any atom is -0.481 e. The molecule has 1 rings (SSSR count). The minimum absolute atomic E-state index is 0.0316. The Hall–Kier alpha value is -1.30. The van der Waals surface area contributed by atoms with Gasteiger partial charge in [-0.15, -0.1) is 0 Å². The van der Waals surface area contributed by atoms with Gasteiger partial charge in [0.1, 0.15) is 0 Å². The number of amides is 2. The summed E-state index contributed by atoms with van der Waals surface area (Å²) in [6.45, 7) is 6.69. The average molecular weight is 300 g/mol. The summed E-state index contributed by atoms with van der Waals surface area (Å²) in [6, 6.07) is -0.0546. The van der Waals surface area contributed by atoms with E-state index < -0.39 is 5.97 Å². The van der Waals surface area contributed by atoms with Crippen LogP contribution in [0.5, 0.6) is 0 Å². The van der Waals surface area contributed by atoms with Crippen LogP contribution in [0.25, 0.3) is 0 Å². The third-order valence-corrected chi connectivity index (χ3v) is 4.26. The molecule has 1 fully saturated rings. The van der Waals surface area contributed by atoms with Crippen molar-refractivity contribution in [2.75, 3.05) is 13.1 Å². The molecule has 6 heteroatoms. The normalized spacial score (nSPS) is 22.7. The maximum Gasteiger partial charge on any atom is 0.317 e. The van der Waals surface area contributed by atoms with Crippen molar-refractivity contribution in [2.24, 2.45) is 11.8 Å². The number of rotatable bonds is 7. The molecule has 0 aromatic heterocycles. The monoisotopic (exact) mass is 300 g/mol. The van der Waals surface area contributed by atoms with Crippen LogP contribution in [-0.4, -0.2) is 52.3 Å². The molecule has 0 aromatic carbocycles. The number of likely N-dealkylation sites (tertiary alicyclic amines) is 1. The molecule has 4 unspecified atom stereocenters. The van der Waals surface area contributed by atoms with Crippen molar-refractivity contribution in [1.82, 2.24) is 10.2 Å². The molecule has 1 aliphatic rings. The van der Waals surface area contributed by atoms with Crippen LogP contribution in [0.4, 0.5) is 4.79 Å². The van der Waals surface area contributed by atoms with Gasteiger partial charge in [0.15, 0.2) is 0 Å². The van der Waals surface area contributed by atoms with Gasteiger partial charge in [-0.3, -0.25) is 4.79 Å². The van der Waals surface area contributed by atoms with Crippen molar-refractivity contribution in [1.29, 1.82) is 0 Å². The molecule has 0 saturated carbocycles. The Labute approximate surface area is 126 Å². The van der Waals surface area contributed by atoms with E-state index in [-0.39, 0.29) is 30.0 Å². The summed E-state index contributed by atoms with van der Waals surface area (Å²) in [7, 11) is 0. The molecule has 0 spiro atoms. The number of aliphatic hydroxyl groups is 1. The smallest absolute Gasteiger partial charge is 0.317 e. The average Bonchev–Trinajstić information content (AvgIpc) is 2.88. The Kier molecular flexibility index (Phi) is 6.95. The quantitative estimate of drug-likeness (QED) is 0.667. The minimum atomic E-state index is -0.770. The summed E-state index contributed by atoms with van der Waals surface area (Å²) in [6.07, 6.45) is 2.65. The molecule has 0 bridgehead atoms. The third kappa shape index (κ3) is 5.91. The van der Waals surface area contributed by atoms with E-state index in [0.29, 0.717) is 19.5 Å². The van der Waals surface area contributed by atoms with Crippen LogP contribution in [0.2, 0.25) is 0 Å². The molecule has 2 amide bonds. The predicted molar refractivity (Wildman–Crippen MR) is 80.0 cm³/mol. The largest absolute Gasteiger partial charge is 0.481 e. The van der Waals surface area contributed by atoms with Crippen LogP contribution in [0.3, 0.4) is 0 Å². The van der Waals surface area contributed by atoms with Crippen LogP contribution in [0.1, 0.15) is 46.5 Å². The Morgan fingerprint density at radius 1 is 1.29 bits per heavy atom. The highest BCUT2D eigenvalue weighted by molar-refractivity contribution is 5.74. The van der Waals surface area contributed by atoms with Crippen molar-refractivity contribution >= 4 is 12.0 Å². The van der Waals surface area contributed by atoms with E-state index in [1.165, 1.54) is 0 Å². The molecule has 6 nitrogen and oxygen atoms in total. The first-order valence-corrected chi connectivity index (χ1v) is 7.77. The summed E-state index contributed by atoms with van der Waals surface area (Å²) in [4.78, 5) is 24.5. The highest BCUT2D eigenvalue weighted by Crippen LogP contribution is 2.19. The van der Waals surface area contributed by atoms with Gasteiger partial charge >= 0.3 is 12.0 Å². The van der Waals surface area contributed by atoms with Crippen LogP contribution in [-0.2, 0) is 4.79 Å².